The standard InChI is InChI=1S/C17H25N5/c1-3-14-8-5-9-15(4-2)16(14)21-17(18)19-10-6-12-22-13-7-11-20-22/h5,7-9,11,13H,3-4,6,10,12H2,1-2H3,(H3,18,19,21). The summed E-state index contributed by atoms with van der Waals surface area (Å²) in [6, 6.07) is 8.28. The number of nitrogens with one attached hydrogen (secondary N) is 1. The zero-order valence-electron chi connectivity index (χ0n) is 13.4. The van der Waals surface area contributed by atoms with Crippen LogP contribution in [-0.4, -0.2) is 22.3 Å². The third kappa shape index (κ3) is 4.35. The first-order valence-electron chi connectivity index (χ1n) is 7.89. The molecule has 0 aliphatic heterocycles. The molecule has 0 saturated heterocycles. The summed E-state index contributed by atoms with van der Waals surface area (Å²) in [6.07, 6.45) is 6.61. The van der Waals surface area contributed by atoms with Crippen LogP contribution in [0.2, 0.25) is 0 Å². The van der Waals surface area contributed by atoms with Crippen LogP contribution in [0.4, 0.5) is 5.69 Å². The highest BCUT2D eigenvalue weighted by Gasteiger charge is 2.06. The maximum Gasteiger partial charge on any atom is 0.193 e. The second-order valence-corrected chi connectivity index (χ2v) is 5.17. The molecule has 0 radical (unpaired) electrons. The Hall–Kier alpha value is -2.30. The summed E-state index contributed by atoms with van der Waals surface area (Å²) in [5.74, 6) is 0.482. The number of nitrogens with zero attached hydrogens (tertiary/aromatic N) is 3. The summed E-state index contributed by atoms with van der Waals surface area (Å²) >= 11 is 0. The Morgan fingerprint density at radius 3 is 2.55 bits per heavy atom. The summed E-state index contributed by atoms with van der Waals surface area (Å²) in [7, 11) is 0. The predicted molar refractivity (Wildman–Crippen MR) is 92.2 cm³/mol. The fourth-order valence-electron chi connectivity index (χ4n) is 2.44. The summed E-state index contributed by atoms with van der Waals surface area (Å²) < 4.78 is 1.90. The number of guanidine groups is 1. The van der Waals surface area contributed by atoms with Gasteiger partial charge in [0.2, 0.25) is 0 Å². The molecule has 0 unspecified atom stereocenters. The molecule has 0 atom stereocenters. The van der Waals surface area contributed by atoms with Crippen LogP contribution in [-0.2, 0) is 19.4 Å². The maximum atomic E-state index is 6.03. The van der Waals surface area contributed by atoms with Crippen LogP contribution in [0.15, 0.2) is 41.7 Å². The Kier molecular flexibility index (Phi) is 6.01. The Morgan fingerprint density at radius 2 is 1.95 bits per heavy atom. The highest BCUT2D eigenvalue weighted by atomic mass is 15.3. The predicted octanol–water partition coefficient (Wildman–Crippen LogP) is 2.82. The fourth-order valence-corrected chi connectivity index (χ4v) is 2.44. The van der Waals surface area contributed by atoms with Gasteiger partial charge in [0.15, 0.2) is 5.96 Å². The van der Waals surface area contributed by atoms with E-state index in [1.54, 1.807) is 6.20 Å². The van der Waals surface area contributed by atoms with Crippen molar-refractivity contribution >= 4 is 11.6 Å². The van der Waals surface area contributed by atoms with Crippen molar-refractivity contribution < 1.29 is 0 Å². The Balaban J connectivity index is 1.93. The molecule has 22 heavy (non-hydrogen) atoms. The molecular formula is C17H25N5. The van der Waals surface area contributed by atoms with Crippen molar-refractivity contribution in [2.45, 2.75) is 39.7 Å². The van der Waals surface area contributed by atoms with Crippen molar-refractivity contribution in [3.05, 3.63) is 47.8 Å². The number of nitrogens with two attached hydrogens (primary N) is 1. The smallest absolute Gasteiger partial charge is 0.193 e. The van der Waals surface area contributed by atoms with Crippen molar-refractivity contribution in [3.63, 3.8) is 0 Å². The number of rotatable bonds is 7. The monoisotopic (exact) mass is 299 g/mol. The van der Waals surface area contributed by atoms with E-state index in [4.69, 9.17) is 5.73 Å². The number of hydrogen-bond acceptors (Lipinski definition) is 2. The van der Waals surface area contributed by atoms with Crippen LogP contribution >= 0.6 is 0 Å². The van der Waals surface area contributed by atoms with Crippen LogP contribution < -0.4 is 11.1 Å². The first kappa shape index (κ1) is 16.1. The third-order valence-corrected chi connectivity index (χ3v) is 3.64. The number of anilines is 1. The molecule has 0 saturated carbocycles. The largest absolute Gasteiger partial charge is 0.370 e. The normalized spacial score (nSPS) is 11.6. The molecule has 1 aromatic carbocycles. The van der Waals surface area contributed by atoms with Gasteiger partial charge < -0.3 is 11.1 Å². The summed E-state index contributed by atoms with van der Waals surface area (Å²) in [4.78, 5) is 4.41. The molecule has 2 rings (SSSR count). The molecule has 0 fully saturated rings. The van der Waals surface area contributed by atoms with Crippen LogP contribution in [0.25, 0.3) is 0 Å². The van der Waals surface area contributed by atoms with E-state index >= 15 is 0 Å². The average Bonchev–Trinajstić information content (AvgIpc) is 3.05. The molecule has 1 aromatic heterocycles. The SMILES string of the molecule is CCc1cccc(CC)c1NC(N)=NCCCn1cccn1. The van der Waals surface area contributed by atoms with Gasteiger partial charge in [-0.25, -0.2) is 0 Å². The molecule has 2 aromatic rings. The van der Waals surface area contributed by atoms with Crippen LogP contribution in [0, 0.1) is 0 Å². The van der Waals surface area contributed by atoms with Crippen LogP contribution in [0.5, 0.6) is 0 Å². The molecule has 5 heteroatoms. The molecule has 0 spiro atoms. The van der Waals surface area contributed by atoms with E-state index in [0.29, 0.717) is 12.5 Å². The third-order valence-electron chi connectivity index (χ3n) is 3.64. The van der Waals surface area contributed by atoms with Gasteiger partial charge in [-0.05, 0) is 36.5 Å². The van der Waals surface area contributed by atoms with Gasteiger partial charge in [-0.3, -0.25) is 9.67 Å². The lowest BCUT2D eigenvalue weighted by Gasteiger charge is -2.14. The van der Waals surface area contributed by atoms with Gasteiger partial charge in [0, 0.05) is 31.2 Å². The molecule has 5 nitrogen and oxygen atoms in total. The minimum absolute atomic E-state index is 0.482. The quantitative estimate of drug-likeness (QED) is 0.469. The van der Waals surface area contributed by atoms with Crippen molar-refractivity contribution in [1.82, 2.24) is 9.78 Å². The molecular weight excluding hydrogens is 274 g/mol. The van der Waals surface area contributed by atoms with Crippen molar-refractivity contribution in [2.24, 2.45) is 10.7 Å². The second kappa shape index (κ2) is 8.22. The molecule has 3 N–H and O–H groups in total. The fraction of sp³-hybridized carbons (Fsp3) is 0.412. The summed E-state index contributed by atoms with van der Waals surface area (Å²) in [6.45, 7) is 5.85. The minimum atomic E-state index is 0.482. The Bertz CT molecular complexity index is 579. The summed E-state index contributed by atoms with van der Waals surface area (Å²) in [5, 5.41) is 7.45. The van der Waals surface area contributed by atoms with E-state index in [2.05, 4.69) is 47.5 Å². The van der Waals surface area contributed by atoms with Crippen molar-refractivity contribution in [1.29, 1.82) is 0 Å². The van der Waals surface area contributed by atoms with Gasteiger partial charge in [0.25, 0.3) is 0 Å². The minimum Gasteiger partial charge on any atom is -0.370 e. The average molecular weight is 299 g/mol. The zero-order valence-corrected chi connectivity index (χ0v) is 13.4. The van der Waals surface area contributed by atoms with E-state index in [0.717, 1.165) is 31.5 Å². The molecule has 0 aliphatic rings. The lowest BCUT2D eigenvalue weighted by atomic mass is 10.0. The van der Waals surface area contributed by atoms with E-state index in [1.807, 2.05) is 16.9 Å². The van der Waals surface area contributed by atoms with E-state index in [9.17, 15) is 0 Å². The van der Waals surface area contributed by atoms with Gasteiger partial charge >= 0.3 is 0 Å². The van der Waals surface area contributed by atoms with Crippen molar-refractivity contribution in [3.8, 4) is 0 Å². The van der Waals surface area contributed by atoms with Gasteiger partial charge in [-0.1, -0.05) is 32.0 Å². The van der Waals surface area contributed by atoms with Gasteiger partial charge in [0.1, 0.15) is 0 Å². The molecule has 0 amide bonds. The lowest BCUT2D eigenvalue weighted by molar-refractivity contribution is 0.585. The second-order valence-electron chi connectivity index (χ2n) is 5.17. The van der Waals surface area contributed by atoms with Crippen LogP contribution in [0.3, 0.4) is 0 Å². The number of aliphatic imine (C=N–C) groups is 1. The van der Waals surface area contributed by atoms with Gasteiger partial charge in [0.05, 0.1) is 0 Å². The number of aromatic nitrogens is 2. The topological polar surface area (TPSA) is 68.2 Å². The number of hydrogen-bond donors (Lipinski definition) is 2. The lowest BCUT2D eigenvalue weighted by Crippen LogP contribution is -2.24. The maximum absolute atomic E-state index is 6.03. The Labute approximate surface area is 132 Å². The van der Waals surface area contributed by atoms with E-state index in [1.165, 1.54) is 11.1 Å². The molecule has 0 bridgehead atoms. The van der Waals surface area contributed by atoms with E-state index < -0.39 is 0 Å². The first-order chi connectivity index (χ1) is 10.7. The highest BCUT2D eigenvalue weighted by molar-refractivity contribution is 5.93. The first-order valence-corrected chi connectivity index (χ1v) is 7.89. The number of benzene rings is 1. The van der Waals surface area contributed by atoms with Crippen molar-refractivity contribution in [2.75, 3.05) is 11.9 Å². The number of aryl methyl sites for hydroxylation is 3. The van der Waals surface area contributed by atoms with Gasteiger partial charge in [-0.15, -0.1) is 0 Å². The summed E-state index contributed by atoms with van der Waals surface area (Å²) in [5.41, 5.74) is 9.69. The number of para-hydroxylation sites is 1. The van der Waals surface area contributed by atoms with Gasteiger partial charge in [-0.2, -0.15) is 5.10 Å². The zero-order chi connectivity index (χ0) is 15.8. The van der Waals surface area contributed by atoms with E-state index in [-0.39, 0.29) is 0 Å². The molecule has 1 heterocycles. The molecule has 118 valence electrons. The van der Waals surface area contributed by atoms with Crippen LogP contribution in [0.1, 0.15) is 31.4 Å². The molecule has 0 aliphatic carbocycles. The Morgan fingerprint density at radius 1 is 1.23 bits per heavy atom. The highest BCUT2D eigenvalue weighted by Crippen LogP contribution is 2.22.